The smallest absolute Gasteiger partial charge is 0.305 e. The van der Waals surface area contributed by atoms with E-state index in [1.807, 2.05) is 24.3 Å². The van der Waals surface area contributed by atoms with Crippen molar-refractivity contribution in [2.45, 2.75) is 13.0 Å². The van der Waals surface area contributed by atoms with E-state index < -0.39 is 5.97 Å². The summed E-state index contributed by atoms with van der Waals surface area (Å²) in [5.74, 6) is -0.434. The molecule has 3 rings (SSSR count). The number of nitrogens with one attached hydrogen (secondary N) is 1. The van der Waals surface area contributed by atoms with E-state index in [0.717, 1.165) is 11.3 Å². The Balaban J connectivity index is 1.99. The minimum Gasteiger partial charge on any atom is -0.497 e. The van der Waals surface area contributed by atoms with Crippen LogP contribution in [0.15, 0.2) is 35.4 Å². The molecule has 9 heteroatoms. The van der Waals surface area contributed by atoms with Crippen LogP contribution in [-0.2, 0) is 16.1 Å². The molecule has 2 aromatic rings. The Kier molecular flexibility index (Phi) is 5.38. The molecule has 1 amide bonds. The number of rotatable bonds is 6. The minimum absolute atomic E-state index is 0.0426. The number of carboxylic acids is 1. The van der Waals surface area contributed by atoms with Crippen molar-refractivity contribution in [2.75, 3.05) is 7.11 Å². The fourth-order valence-corrected chi connectivity index (χ4v) is 3.44. The number of nitrogens with zero attached hydrogens (tertiary/aromatic N) is 2. The summed E-state index contributed by atoms with van der Waals surface area (Å²) < 4.78 is 7.14. The maximum Gasteiger partial charge on any atom is 0.305 e. The number of thioether (sulfide) groups is 1. The molecule has 0 unspecified atom stereocenters. The van der Waals surface area contributed by atoms with Crippen LogP contribution in [-0.4, -0.2) is 38.2 Å². The molecule has 0 saturated carbocycles. The van der Waals surface area contributed by atoms with Gasteiger partial charge in [0.1, 0.15) is 10.1 Å². The number of hydrogen-bond acceptors (Lipinski definition) is 6. The summed E-state index contributed by atoms with van der Waals surface area (Å²) in [6.45, 7) is 0.236. The molecule has 134 valence electrons. The van der Waals surface area contributed by atoms with Gasteiger partial charge < -0.3 is 15.2 Å². The molecule has 0 radical (unpaired) electrons. The van der Waals surface area contributed by atoms with Crippen molar-refractivity contribution in [2.24, 2.45) is 0 Å². The SMILES string of the molecule is COc1ccc(-c2nn(CCC(=O)O)cc2C=C2SC(=S)NC2=O)cc1. The Morgan fingerprint density at radius 2 is 2.15 bits per heavy atom. The number of thiocarbonyl (C=S) groups is 1. The number of carboxylic acid groups (broad SMARTS) is 1. The number of methoxy groups -OCH3 is 1. The molecule has 1 aromatic carbocycles. The van der Waals surface area contributed by atoms with Gasteiger partial charge >= 0.3 is 5.97 Å². The number of hydrogen-bond donors (Lipinski definition) is 2. The normalized spacial score (nSPS) is 15.3. The lowest BCUT2D eigenvalue weighted by Crippen LogP contribution is -2.17. The van der Waals surface area contributed by atoms with Gasteiger partial charge in [-0.25, -0.2) is 0 Å². The zero-order chi connectivity index (χ0) is 18.7. The fraction of sp³-hybridized carbons (Fsp3) is 0.176. The summed E-state index contributed by atoms with van der Waals surface area (Å²) in [4.78, 5) is 23.2. The van der Waals surface area contributed by atoms with Crippen molar-refractivity contribution in [3.05, 3.63) is 40.9 Å². The molecule has 7 nitrogen and oxygen atoms in total. The Labute approximate surface area is 159 Å². The highest BCUT2D eigenvalue weighted by atomic mass is 32.2. The molecule has 1 fully saturated rings. The molecule has 2 N–H and O–H groups in total. The Bertz CT molecular complexity index is 903. The predicted molar refractivity (Wildman–Crippen MR) is 103 cm³/mol. The zero-order valence-electron chi connectivity index (χ0n) is 13.8. The minimum atomic E-state index is -0.900. The molecular weight excluding hydrogens is 374 g/mol. The first-order valence-electron chi connectivity index (χ1n) is 7.65. The molecule has 1 saturated heterocycles. The van der Waals surface area contributed by atoms with Crippen LogP contribution in [0.25, 0.3) is 17.3 Å². The largest absolute Gasteiger partial charge is 0.497 e. The van der Waals surface area contributed by atoms with Gasteiger partial charge in [-0.15, -0.1) is 0 Å². The molecule has 0 bridgehead atoms. The van der Waals surface area contributed by atoms with E-state index >= 15 is 0 Å². The third kappa shape index (κ3) is 4.12. The van der Waals surface area contributed by atoms with Crippen LogP contribution >= 0.6 is 24.0 Å². The number of aryl methyl sites for hydroxylation is 1. The zero-order valence-corrected chi connectivity index (χ0v) is 15.4. The van der Waals surface area contributed by atoms with Crippen molar-refractivity contribution in [3.63, 3.8) is 0 Å². The van der Waals surface area contributed by atoms with Crippen LogP contribution in [0.5, 0.6) is 5.75 Å². The lowest BCUT2D eigenvalue weighted by Gasteiger charge is -2.02. The Hall–Kier alpha value is -2.65. The quantitative estimate of drug-likeness (QED) is 0.579. The van der Waals surface area contributed by atoms with Gasteiger partial charge in [0.15, 0.2) is 0 Å². The van der Waals surface area contributed by atoms with Crippen LogP contribution in [0.1, 0.15) is 12.0 Å². The number of carbonyl (C=O) groups excluding carboxylic acids is 1. The third-order valence-electron chi connectivity index (χ3n) is 3.64. The summed E-state index contributed by atoms with van der Waals surface area (Å²) >= 11 is 6.20. The predicted octanol–water partition coefficient (Wildman–Crippen LogP) is 2.52. The van der Waals surface area contributed by atoms with Gasteiger partial charge in [-0.1, -0.05) is 24.0 Å². The summed E-state index contributed by atoms with van der Waals surface area (Å²) in [6, 6.07) is 7.35. The second-order valence-electron chi connectivity index (χ2n) is 5.42. The van der Waals surface area contributed by atoms with Crippen LogP contribution in [0, 0.1) is 0 Å². The first kappa shape index (κ1) is 18.2. The average molecular weight is 389 g/mol. The average Bonchev–Trinajstić information content (AvgIpc) is 3.16. The molecular formula is C17H15N3O4S2. The highest BCUT2D eigenvalue weighted by Crippen LogP contribution is 2.30. The standard InChI is InChI=1S/C17H15N3O4S2/c1-24-12-4-2-10(3-5-12)15-11(8-13-16(23)18-17(25)26-13)9-20(19-15)7-6-14(21)22/h2-5,8-9H,6-7H2,1H3,(H,21,22)(H,18,23,25). The number of ether oxygens (including phenoxy) is 1. The highest BCUT2D eigenvalue weighted by Gasteiger charge is 2.23. The van der Waals surface area contributed by atoms with Crippen LogP contribution < -0.4 is 10.1 Å². The second kappa shape index (κ2) is 7.71. The van der Waals surface area contributed by atoms with E-state index in [1.165, 1.54) is 11.8 Å². The molecule has 0 aliphatic carbocycles. The van der Waals surface area contributed by atoms with Crippen molar-refractivity contribution in [1.82, 2.24) is 15.1 Å². The van der Waals surface area contributed by atoms with E-state index in [0.29, 0.717) is 20.5 Å². The van der Waals surface area contributed by atoms with Gasteiger partial charge in [0.2, 0.25) is 0 Å². The molecule has 26 heavy (non-hydrogen) atoms. The Morgan fingerprint density at radius 3 is 2.73 bits per heavy atom. The maximum atomic E-state index is 11.9. The first-order chi connectivity index (χ1) is 12.5. The monoisotopic (exact) mass is 389 g/mol. The van der Waals surface area contributed by atoms with Crippen LogP contribution in [0.4, 0.5) is 0 Å². The maximum absolute atomic E-state index is 11.9. The van der Waals surface area contributed by atoms with Gasteiger partial charge in [0.25, 0.3) is 5.91 Å². The fourth-order valence-electron chi connectivity index (χ4n) is 2.40. The molecule has 0 spiro atoms. The van der Waals surface area contributed by atoms with Gasteiger partial charge in [0, 0.05) is 17.3 Å². The molecule has 2 heterocycles. The molecule has 0 atom stereocenters. The lowest BCUT2D eigenvalue weighted by atomic mass is 10.1. The number of carbonyl (C=O) groups is 2. The number of amides is 1. The van der Waals surface area contributed by atoms with Crippen molar-refractivity contribution in [3.8, 4) is 17.0 Å². The third-order valence-corrected chi connectivity index (χ3v) is 4.80. The summed E-state index contributed by atoms with van der Waals surface area (Å²) in [7, 11) is 1.59. The van der Waals surface area contributed by atoms with E-state index in [1.54, 1.807) is 24.1 Å². The summed E-state index contributed by atoms with van der Waals surface area (Å²) in [5, 5.41) is 15.9. The summed E-state index contributed by atoms with van der Waals surface area (Å²) in [6.07, 6.45) is 3.40. The van der Waals surface area contributed by atoms with E-state index in [-0.39, 0.29) is 18.9 Å². The van der Waals surface area contributed by atoms with Gasteiger partial charge in [0.05, 0.1) is 30.7 Å². The van der Waals surface area contributed by atoms with Crippen LogP contribution in [0.2, 0.25) is 0 Å². The van der Waals surface area contributed by atoms with Gasteiger partial charge in [-0.3, -0.25) is 14.3 Å². The molecule has 1 aromatic heterocycles. The van der Waals surface area contributed by atoms with Crippen molar-refractivity contribution >= 4 is 46.3 Å². The lowest BCUT2D eigenvalue weighted by molar-refractivity contribution is -0.137. The second-order valence-corrected chi connectivity index (χ2v) is 7.14. The molecule has 1 aliphatic rings. The summed E-state index contributed by atoms with van der Waals surface area (Å²) in [5.41, 5.74) is 2.19. The van der Waals surface area contributed by atoms with Gasteiger partial charge in [-0.2, -0.15) is 5.10 Å². The van der Waals surface area contributed by atoms with E-state index in [4.69, 9.17) is 22.1 Å². The number of aromatic nitrogens is 2. The van der Waals surface area contributed by atoms with E-state index in [2.05, 4.69) is 10.4 Å². The Morgan fingerprint density at radius 1 is 1.42 bits per heavy atom. The number of benzene rings is 1. The van der Waals surface area contributed by atoms with E-state index in [9.17, 15) is 9.59 Å². The topological polar surface area (TPSA) is 93.5 Å². The highest BCUT2D eigenvalue weighted by molar-refractivity contribution is 8.26. The van der Waals surface area contributed by atoms with Crippen LogP contribution in [0.3, 0.4) is 0 Å². The first-order valence-corrected chi connectivity index (χ1v) is 8.87. The van der Waals surface area contributed by atoms with Crippen molar-refractivity contribution in [1.29, 1.82) is 0 Å². The molecule has 1 aliphatic heterocycles. The van der Waals surface area contributed by atoms with Crippen molar-refractivity contribution < 1.29 is 19.4 Å². The van der Waals surface area contributed by atoms with Gasteiger partial charge in [-0.05, 0) is 30.3 Å². The number of aliphatic carboxylic acids is 1.